The molecular formula is C8H16N4S. The van der Waals surface area contributed by atoms with Crippen molar-refractivity contribution in [3.8, 4) is 0 Å². The van der Waals surface area contributed by atoms with Gasteiger partial charge in [0.05, 0.1) is 0 Å². The summed E-state index contributed by atoms with van der Waals surface area (Å²) < 4.78 is 1.82. The van der Waals surface area contributed by atoms with Crippen molar-refractivity contribution in [2.24, 2.45) is 7.05 Å². The Morgan fingerprint density at radius 2 is 2.46 bits per heavy atom. The molecule has 13 heavy (non-hydrogen) atoms. The van der Waals surface area contributed by atoms with Gasteiger partial charge in [-0.15, -0.1) is 0 Å². The number of hydrogen-bond donors (Lipinski definition) is 1. The number of nitrogens with one attached hydrogen (secondary N) is 1. The molecule has 0 spiro atoms. The fourth-order valence-corrected chi connectivity index (χ4v) is 1.86. The molecule has 0 bridgehead atoms. The van der Waals surface area contributed by atoms with Crippen molar-refractivity contribution in [2.45, 2.75) is 12.5 Å². The topological polar surface area (TPSA) is 42.7 Å². The van der Waals surface area contributed by atoms with E-state index in [0.717, 1.165) is 18.0 Å². The second kappa shape index (κ2) is 5.24. The fourth-order valence-electron chi connectivity index (χ4n) is 1.17. The highest BCUT2D eigenvalue weighted by molar-refractivity contribution is 7.98. The van der Waals surface area contributed by atoms with E-state index < -0.39 is 0 Å². The Bertz CT molecular complexity index is 248. The van der Waals surface area contributed by atoms with E-state index in [1.165, 1.54) is 0 Å². The van der Waals surface area contributed by atoms with Gasteiger partial charge < -0.3 is 5.32 Å². The maximum absolute atomic E-state index is 4.19. The quantitative estimate of drug-likeness (QED) is 0.743. The molecule has 0 fully saturated rings. The minimum Gasteiger partial charge on any atom is -0.316 e. The minimum absolute atomic E-state index is 0.484. The van der Waals surface area contributed by atoms with Crippen molar-refractivity contribution in [3.05, 3.63) is 12.2 Å². The van der Waals surface area contributed by atoms with Gasteiger partial charge in [-0.2, -0.15) is 16.9 Å². The SMILES string of the molecule is CNC(CSC)Cc1ncnn1C. The Morgan fingerprint density at radius 3 is 2.92 bits per heavy atom. The van der Waals surface area contributed by atoms with Crippen LogP contribution in [0.1, 0.15) is 5.82 Å². The number of hydrogen-bond acceptors (Lipinski definition) is 4. The summed E-state index contributed by atoms with van der Waals surface area (Å²) in [6.07, 6.45) is 4.65. The number of thioether (sulfide) groups is 1. The van der Waals surface area contributed by atoms with Crippen LogP contribution in [0.25, 0.3) is 0 Å². The Kier molecular flexibility index (Phi) is 4.24. The molecule has 5 heteroatoms. The van der Waals surface area contributed by atoms with Crippen LogP contribution in [0.5, 0.6) is 0 Å². The summed E-state index contributed by atoms with van der Waals surface area (Å²) in [6, 6.07) is 0.484. The number of likely N-dealkylation sites (N-methyl/N-ethyl adjacent to an activating group) is 1. The Hall–Kier alpha value is -0.550. The summed E-state index contributed by atoms with van der Waals surface area (Å²) in [5.74, 6) is 2.14. The summed E-state index contributed by atoms with van der Waals surface area (Å²) in [4.78, 5) is 4.19. The predicted octanol–water partition coefficient (Wildman–Crippen LogP) is 0.309. The molecule has 0 aliphatic rings. The first-order valence-corrected chi connectivity index (χ1v) is 5.66. The van der Waals surface area contributed by atoms with Crippen molar-refractivity contribution in [1.82, 2.24) is 20.1 Å². The van der Waals surface area contributed by atoms with Gasteiger partial charge in [0.2, 0.25) is 0 Å². The second-order valence-corrected chi connectivity index (χ2v) is 3.86. The van der Waals surface area contributed by atoms with Crippen molar-refractivity contribution in [1.29, 1.82) is 0 Å². The van der Waals surface area contributed by atoms with Crippen molar-refractivity contribution in [2.75, 3.05) is 19.1 Å². The maximum atomic E-state index is 4.19. The summed E-state index contributed by atoms with van der Waals surface area (Å²) in [7, 11) is 3.91. The summed E-state index contributed by atoms with van der Waals surface area (Å²) in [5.41, 5.74) is 0. The first kappa shape index (κ1) is 10.5. The van der Waals surface area contributed by atoms with Crippen LogP contribution in [0.15, 0.2) is 6.33 Å². The molecule has 1 rings (SSSR count). The fraction of sp³-hybridized carbons (Fsp3) is 0.750. The predicted molar refractivity (Wildman–Crippen MR) is 55.9 cm³/mol. The Labute approximate surface area is 83.1 Å². The molecule has 1 aromatic rings. The van der Waals surface area contributed by atoms with Gasteiger partial charge in [-0.1, -0.05) is 0 Å². The molecule has 0 amide bonds. The third-order valence-electron chi connectivity index (χ3n) is 2.01. The van der Waals surface area contributed by atoms with E-state index in [-0.39, 0.29) is 0 Å². The van der Waals surface area contributed by atoms with Gasteiger partial charge in [-0.3, -0.25) is 4.68 Å². The van der Waals surface area contributed by atoms with Gasteiger partial charge in [-0.05, 0) is 13.3 Å². The molecular weight excluding hydrogens is 184 g/mol. The van der Waals surface area contributed by atoms with E-state index in [2.05, 4.69) is 21.7 Å². The third-order valence-corrected chi connectivity index (χ3v) is 2.75. The van der Waals surface area contributed by atoms with Crippen molar-refractivity contribution in [3.63, 3.8) is 0 Å². The Balaban J connectivity index is 2.51. The van der Waals surface area contributed by atoms with E-state index in [1.807, 2.05) is 30.5 Å². The van der Waals surface area contributed by atoms with Gasteiger partial charge in [0.1, 0.15) is 12.2 Å². The summed E-state index contributed by atoms with van der Waals surface area (Å²) >= 11 is 1.84. The van der Waals surface area contributed by atoms with Crippen LogP contribution in [0.2, 0.25) is 0 Å². The van der Waals surface area contributed by atoms with Crippen LogP contribution in [-0.4, -0.2) is 39.9 Å². The van der Waals surface area contributed by atoms with Crippen LogP contribution >= 0.6 is 11.8 Å². The number of nitrogens with zero attached hydrogens (tertiary/aromatic N) is 3. The summed E-state index contributed by atoms with van der Waals surface area (Å²) in [6.45, 7) is 0. The lowest BCUT2D eigenvalue weighted by Crippen LogP contribution is -2.31. The molecule has 1 heterocycles. The van der Waals surface area contributed by atoms with E-state index in [1.54, 1.807) is 6.33 Å². The average molecular weight is 200 g/mol. The molecule has 0 aliphatic carbocycles. The normalized spacial score (nSPS) is 13.2. The van der Waals surface area contributed by atoms with Crippen LogP contribution in [0.3, 0.4) is 0 Å². The highest BCUT2D eigenvalue weighted by Gasteiger charge is 2.09. The lowest BCUT2D eigenvalue weighted by molar-refractivity contribution is 0.573. The van der Waals surface area contributed by atoms with Gasteiger partial charge in [0, 0.05) is 25.3 Å². The zero-order valence-corrected chi connectivity index (χ0v) is 9.14. The Morgan fingerprint density at radius 1 is 1.69 bits per heavy atom. The smallest absolute Gasteiger partial charge is 0.138 e. The number of rotatable bonds is 5. The highest BCUT2D eigenvalue weighted by Crippen LogP contribution is 2.03. The molecule has 0 aromatic carbocycles. The van der Waals surface area contributed by atoms with Gasteiger partial charge in [0.15, 0.2) is 0 Å². The van der Waals surface area contributed by atoms with Crippen LogP contribution in [0, 0.1) is 0 Å². The number of aryl methyl sites for hydroxylation is 1. The zero-order valence-electron chi connectivity index (χ0n) is 8.32. The maximum Gasteiger partial charge on any atom is 0.138 e. The molecule has 0 saturated carbocycles. The molecule has 4 nitrogen and oxygen atoms in total. The van der Waals surface area contributed by atoms with Gasteiger partial charge in [-0.25, -0.2) is 4.98 Å². The van der Waals surface area contributed by atoms with Crippen LogP contribution in [-0.2, 0) is 13.5 Å². The summed E-state index contributed by atoms with van der Waals surface area (Å²) in [5, 5.41) is 7.30. The number of aromatic nitrogens is 3. The van der Waals surface area contributed by atoms with E-state index in [4.69, 9.17) is 0 Å². The van der Waals surface area contributed by atoms with Gasteiger partial charge in [0.25, 0.3) is 0 Å². The molecule has 1 unspecified atom stereocenters. The first-order valence-electron chi connectivity index (χ1n) is 4.27. The van der Waals surface area contributed by atoms with E-state index in [0.29, 0.717) is 6.04 Å². The highest BCUT2D eigenvalue weighted by atomic mass is 32.2. The molecule has 1 aromatic heterocycles. The van der Waals surface area contributed by atoms with Crippen LogP contribution < -0.4 is 5.32 Å². The second-order valence-electron chi connectivity index (χ2n) is 2.94. The molecule has 0 aliphatic heterocycles. The minimum atomic E-state index is 0.484. The molecule has 74 valence electrons. The monoisotopic (exact) mass is 200 g/mol. The molecule has 1 N–H and O–H groups in total. The largest absolute Gasteiger partial charge is 0.316 e. The van der Waals surface area contributed by atoms with E-state index >= 15 is 0 Å². The molecule has 0 saturated heterocycles. The van der Waals surface area contributed by atoms with Crippen molar-refractivity contribution < 1.29 is 0 Å². The van der Waals surface area contributed by atoms with Crippen LogP contribution in [0.4, 0.5) is 0 Å². The lowest BCUT2D eigenvalue weighted by atomic mass is 10.2. The standard InChI is InChI=1S/C8H16N4S/c1-9-7(5-13-3)4-8-10-6-11-12(8)2/h6-7,9H,4-5H2,1-3H3. The van der Waals surface area contributed by atoms with E-state index in [9.17, 15) is 0 Å². The molecule has 1 atom stereocenters. The third kappa shape index (κ3) is 3.00. The van der Waals surface area contributed by atoms with Gasteiger partial charge >= 0.3 is 0 Å². The van der Waals surface area contributed by atoms with Crippen molar-refractivity contribution >= 4 is 11.8 Å². The zero-order chi connectivity index (χ0) is 9.68. The molecule has 0 radical (unpaired) electrons. The lowest BCUT2D eigenvalue weighted by Gasteiger charge is -2.13. The first-order chi connectivity index (χ1) is 6.27. The average Bonchev–Trinajstić information content (AvgIpc) is 2.51.